The van der Waals surface area contributed by atoms with Crippen molar-refractivity contribution in [3.8, 4) is 0 Å². The smallest absolute Gasteiger partial charge is 0.407 e. The summed E-state index contributed by atoms with van der Waals surface area (Å²) in [6.45, 7) is 9.55. The fourth-order valence-corrected chi connectivity index (χ4v) is 3.83. The molecule has 3 aliphatic rings. The van der Waals surface area contributed by atoms with Gasteiger partial charge in [-0.1, -0.05) is 0 Å². The van der Waals surface area contributed by atoms with Gasteiger partial charge in [-0.2, -0.15) is 0 Å². The van der Waals surface area contributed by atoms with Crippen LogP contribution in [0.3, 0.4) is 0 Å². The Balaban J connectivity index is 0.00000243. The molecule has 1 spiro atoms. The van der Waals surface area contributed by atoms with E-state index in [1.807, 2.05) is 6.92 Å². The third-order valence-corrected chi connectivity index (χ3v) is 5.47. The van der Waals surface area contributed by atoms with Gasteiger partial charge in [0, 0.05) is 31.7 Å². The average molecular weight is 480 g/mol. The number of carbonyl (C=O) groups excluding carboxylic acids is 1. The Morgan fingerprint density at radius 3 is 2.81 bits per heavy atom. The van der Waals surface area contributed by atoms with E-state index >= 15 is 0 Å². The Morgan fingerprint density at radius 1 is 1.38 bits per heavy atom. The van der Waals surface area contributed by atoms with Gasteiger partial charge in [-0.25, -0.2) is 4.79 Å². The van der Waals surface area contributed by atoms with Gasteiger partial charge >= 0.3 is 6.09 Å². The van der Waals surface area contributed by atoms with E-state index in [-0.39, 0.29) is 36.1 Å². The molecule has 1 saturated carbocycles. The van der Waals surface area contributed by atoms with E-state index in [0.717, 1.165) is 58.1 Å². The fourth-order valence-electron chi connectivity index (χ4n) is 3.83. The van der Waals surface area contributed by atoms with Crippen LogP contribution >= 0.6 is 24.0 Å². The van der Waals surface area contributed by atoms with Crippen molar-refractivity contribution in [2.45, 2.75) is 45.6 Å². The quantitative estimate of drug-likeness (QED) is 0.347. The summed E-state index contributed by atoms with van der Waals surface area (Å²) < 4.78 is 10.7. The summed E-state index contributed by atoms with van der Waals surface area (Å²) in [5, 5.41) is 6.40. The zero-order chi connectivity index (χ0) is 17.7. The molecule has 8 heteroatoms. The zero-order valence-corrected chi connectivity index (χ0v) is 18.3. The number of rotatable bonds is 6. The number of likely N-dealkylation sites (tertiary alicyclic amines) is 1. The molecule has 26 heavy (non-hydrogen) atoms. The maximum atomic E-state index is 11.8. The largest absolute Gasteiger partial charge is 0.450 e. The summed E-state index contributed by atoms with van der Waals surface area (Å²) in [6.07, 6.45) is 4.31. The van der Waals surface area contributed by atoms with Gasteiger partial charge in [0.25, 0.3) is 0 Å². The van der Waals surface area contributed by atoms with Crippen molar-refractivity contribution in [2.24, 2.45) is 16.3 Å². The molecular formula is C18H33IN4O3. The van der Waals surface area contributed by atoms with Crippen LogP contribution in [0.1, 0.15) is 39.5 Å². The molecule has 2 heterocycles. The van der Waals surface area contributed by atoms with Crippen molar-refractivity contribution in [3.05, 3.63) is 0 Å². The highest BCUT2D eigenvalue weighted by Gasteiger charge is 2.42. The Hall–Kier alpha value is -0.770. The number of halogens is 1. The molecule has 2 saturated heterocycles. The van der Waals surface area contributed by atoms with Gasteiger partial charge in [0.2, 0.25) is 0 Å². The molecule has 3 fully saturated rings. The molecule has 0 aromatic rings. The number of hydrogen-bond acceptors (Lipinski definition) is 4. The molecule has 3 rings (SSSR count). The fraction of sp³-hybridized carbons (Fsp3) is 0.889. The summed E-state index contributed by atoms with van der Waals surface area (Å²) in [6, 6.07) is 0.0686. The lowest BCUT2D eigenvalue weighted by Crippen LogP contribution is -2.44. The first kappa shape index (κ1) is 21.5. The Bertz CT molecular complexity index is 493. The van der Waals surface area contributed by atoms with Crippen LogP contribution in [0.5, 0.6) is 0 Å². The summed E-state index contributed by atoms with van der Waals surface area (Å²) in [7, 11) is 0. The number of nitrogens with zero attached hydrogens (tertiary/aromatic N) is 2. The van der Waals surface area contributed by atoms with Gasteiger partial charge in [0.15, 0.2) is 5.96 Å². The number of hydrogen-bond donors (Lipinski definition) is 2. The van der Waals surface area contributed by atoms with Crippen LogP contribution in [0.15, 0.2) is 4.99 Å². The molecule has 2 unspecified atom stereocenters. The van der Waals surface area contributed by atoms with Crippen LogP contribution in [0.2, 0.25) is 0 Å². The second-order valence-electron chi connectivity index (χ2n) is 7.48. The van der Waals surface area contributed by atoms with E-state index in [4.69, 9.17) is 14.5 Å². The van der Waals surface area contributed by atoms with Crippen molar-refractivity contribution >= 4 is 36.0 Å². The van der Waals surface area contributed by atoms with E-state index in [0.29, 0.717) is 24.5 Å². The van der Waals surface area contributed by atoms with E-state index in [1.54, 1.807) is 0 Å². The minimum Gasteiger partial charge on any atom is -0.450 e. The lowest BCUT2D eigenvalue weighted by Gasteiger charge is -2.25. The highest BCUT2D eigenvalue weighted by atomic mass is 127. The zero-order valence-electron chi connectivity index (χ0n) is 16.0. The summed E-state index contributed by atoms with van der Waals surface area (Å²) in [4.78, 5) is 19.0. The maximum Gasteiger partial charge on any atom is 0.407 e. The molecule has 0 aromatic heterocycles. The van der Waals surface area contributed by atoms with Crippen molar-refractivity contribution in [1.29, 1.82) is 0 Å². The van der Waals surface area contributed by atoms with Crippen LogP contribution in [0.25, 0.3) is 0 Å². The van der Waals surface area contributed by atoms with Gasteiger partial charge in [0.1, 0.15) is 0 Å². The van der Waals surface area contributed by atoms with Gasteiger partial charge in [-0.3, -0.25) is 4.99 Å². The number of nitrogens with one attached hydrogen (secondary N) is 2. The first-order chi connectivity index (χ1) is 12.2. The molecule has 2 aliphatic heterocycles. The van der Waals surface area contributed by atoms with Crippen molar-refractivity contribution in [3.63, 3.8) is 0 Å². The Kier molecular flexibility index (Phi) is 8.25. The summed E-state index contributed by atoms with van der Waals surface area (Å²) >= 11 is 0. The lowest BCUT2D eigenvalue weighted by molar-refractivity contribution is 0.147. The topological polar surface area (TPSA) is 75.2 Å². The van der Waals surface area contributed by atoms with Crippen LogP contribution in [0, 0.1) is 11.3 Å². The first-order valence-corrected chi connectivity index (χ1v) is 9.70. The van der Waals surface area contributed by atoms with Gasteiger partial charge < -0.3 is 25.0 Å². The predicted molar refractivity (Wildman–Crippen MR) is 112 cm³/mol. The molecule has 2 N–H and O–H groups in total. The molecule has 1 amide bonds. The molecular weight excluding hydrogens is 447 g/mol. The standard InChI is InChI=1S/C18H32N4O3.HI/c1-3-19-16(22-9-7-18(12-22)8-10-24-13-18)20-11-15(14-5-6-14)21-17(23)25-4-2;/h14-15H,3-13H2,1-2H3,(H,19,20)(H,21,23);1H. The van der Waals surface area contributed by atoms with E-state index < -0.39 is 0 Å². The lowest BCUT2D eigenvalue weighted by atomic mass is 9.87. The van der Waals surface area contributed by atoms with Crippen LogP contribution in [-0.4, -0.2) is 69.0 Å². The SMILES string of the molecule is CCNC(=NCC(NC(=O)OCC)C1CC1)N1CCC2(CCOC2)C1.I. The van der Waals surface area contributed by atoms with E-state index in [2.05, 4.69) is 22.5 Å². The van der Waals surface area contributed by atoms with Gasteiger partial charge in [-0.15, -0.1) is 24.0 Å². The number of alkyl carbamates (subject to hydrolysis) is 1. The first-order valence-electron chi connectivity index (χ1n) is 9.70. The molecule has 7 nitrogen and oxygen atoms in total. The van der Waals surface area contributed by atoms with Crippen molar-refractivity contribution < 1.29 is 14.3 Å². The number of aliphatic imine (C=N–C) groups is 1. The third kappa shape index (κ3) is 5.61. The van der Waals surface area contributed by atoms with E-state index in [1.165, 1.54) is 6.42 Å². The van der Waals surface area contributed by atoms with Crippen LogP contribution < -0.4 is 10.6 Å². The molecule has 2 atom stereocenters. The van der Waals surface area contributed by atoms with Gasteiger partial charge in [0.05, 0.1) is 25.8 Å². The normalized spacial score (nSPS) is 26.5. The Morgan fingerprint density at radius 2 is 2.19 bits per heavy atom. The highest BCUT2D eigenvalue weighted by Crippen LogP contribution is 2.38. The van der Waals surface area contributed by atoms with Crippen LogP contribution in [-0.2, 0) is 9.47 Å². The molecule has 0 aromatic carbocycles. The minimum atomic E-state index is -0.331. The molecule has 0 radical (unpaired) electrons. The number of carbonyl (C=O) groups is 1. The third-order valence-electron chi connectivity index (χ3n) is 5.47. The van der Waals surface area contributed by atoms with Gasteiger partial charge in [-0.05, 0) is 45.4 Å². The van der Waals surface area contributed by atoms with Crippen molar-refractivity contribution in [2.75, 3.05) is 46.0 Å². The second-order valence-corrected chi connectivity index (χ2v) is 7.48. The molecule has 150 valence electrons. The second kappa shape index (κ2) is 9.96. The number of ether oxygens (including phenoxy) is 2. The van der Waals surface area contributed by atoms with Crippen LogP contribution in [0.4, 0.5) is 4.79 Å². The summed E-state index contributed by atoms with van der Waals surface area (Å²) in [5.41, 5.74) is 0.315. The summed E-state index contributed by atoms with van der Waals surface area (Å²) in [5.74, 6) is 1.49. The minimum absolute atomic E-state index is 0. The Labute approximate surface area is 173 Å². The maximum absolute atomic E-state index is 11.8. The van der Waals surface area contributed by atoms with Crippen molar-refractivity contribution in [1.82, 2.24) is 15.5 Å². The molecule has 1 aliphatic carbocycles. The average Bonchev–Trinajstić information content (AvgIpc) is 3.21. The monoisotopic (exact) mass is 480 g/mol. The molecule has 0 bridgehead atoms. The van der Waals surface area contributed by atoms with E-state index in [9.17, 15) is 4.79 Å². The highest BCUT2D eigenvalue weighted by molar-refractivity contribution is 14.0. The number of amides is 1. The predicted octanol–water partition coefficient (Wildman–Crippen LogP) is 2.21. The number of guanidine groups is 1.